The third-order valence-corrected chi connectivity index (χ3v) is 8.97. The Morgan fingerprint density at radius 1 is 0.651 bits per heavy atom. The minimum absolute atomic E-state index is 0.0362. The maximum atomic E-state index is 13.0. The Hall–Kier alpha value is -5.14. The Bertz CT molecular complexity index is 1970. The monoisotopic (exact) mass is 587 g/mol. The van der Waals surface area contributed by atoms with Crippen molar-refractivity contribution in [1.82, 2.24) is 0 Å². The highest BCUT2D eigenvalue weighted by atomic mass is 32.2. The lowest BCUT2D eigenvalue weighted by atomic mass is 9.96. The van der Waals surface area contributed by atoms with Crippen molar-refractivity contribution in [2.75, 3.05) is 10.1 Å². The second kappa shape index (κ2) is 12.0. The summed E-state index contributed by atoms with van der Waals surface area (Å²) < 4.78 is 33.5. The SMILES string of the molecule is O=C(O)CS(=O)(=O)N(Cc1ccccc1)c1ccc(-c2ccc(-c3c(Cc4ccccc4)oc4ccccc34)cc2)cc1. The summed E-state index contributed by atoms with van der Waals surface area (Å²) in [6.07, 6.45) is 0.679. The van der Waals surface area contributed by atoms with Gasteiger partial charge in [-0.3, -0.25) is 9.10 Å². The molecular weight excluding hydrogens is 558 g/mol. The Balaban J connectivity index is 1.30. The van der Waals surface area contributed by atoms with Gasteiger partial charge in [-0.2, -0.15) is 0 Å². The highest BCUT2D eigenvalue weighted by Gasteiger charge is 2.26. The molecule has 7 heteroatoms. The van der Waals surface area contributed by atoms with E-state index < -0.39 is 21.7 Å². The molecule has 0 saturated carbocycles. The first-order valence-electron chi connectivity index (χ1n) is 13.9. The van der Waals surface area contributed by atoms with E-state index in [-0.39, 0.29) is 6.54 Å². The minimum atomic E-state index is -4.10. The molecule has 0 aliphatic heterocycles. The van der Waals surface area contributed by atoms with E-state index in [1.54, 1.807) is 12.1 Å². The third-order valence-electron chi connectivity index (χ3n) is 7.35. The Morgan fingerprint density at radius 3 is 1.81 bits per heavy atom. The van der Waals surface area contributed by atoms with E-state index in [0.29, 0.717) is 12.1 Å². The first kappa shape index (κ1) is 28.0. The molecule has 214 valence electrons. The number of rotatable bonds is 10. The minimum Gasteiger partial charge on any atom is -0.480 e. The molecule has 1 N–H and O–H groups in total. The summed E-state index contributed by atoms with van der Waals surface area (Å²) in [6.45, 7) is 0.0362. The molecule has 0 spiro atoms. The number of hydrogen-bond acceptors (Lipinski definition) is 4. The number of carboxylic acids is 1. The van der Waals surface area contributed by atoms with Crippen LogP contribution in [0.4, 0.5) is 5.69 Å². The molecule has 1 heterocycles. The van der Waals surface area contributed by atoms with Crippen LogP contribution in [0.15, 0.2) is 138 Å². The van der Waals surface area contributed by atoms with Crippen LogP contribution in [0.2, 0.25) is 0 Å². The molecule has 0 aliphatic carbocycles. The van der Waals surface area contributed by atoms with Gasteiger partial charge in [0.15, 0.2) is 5.75 Å². The zero-order valence-corrected chi connectivity index (χ0v) is 24.1. The van der Waals surface area contributed by atoms with Crippen LogP contribution in [0.3, 0.4) is 0 Å². The van der Waals surface area contributed by atoms with Gasteiger partial charge in [-0.25, -0.2) is 8.42 Å². The Labute approximate surface area is 250 Å². The van der Waals surface area contributed by atoms with Crippen LogP contribution in [0.1, 0.15) is 16.9 Å². The van der Waals surface area contributed by atoms with Crippen molar-refractivity contribution in [3.8, 4) is 22.3 Å². The molecule has 1 aromatic heterocycles. The van der Waals surface area contributed by atoms with Gasteiger partial charge in [-0.05, 0) is 46.0 Å². The molecule has 43 heavy (non-hydrogen) atoms. The molecule has 0 unspecified atom stereocenters. The fourth-order valence-electron chi connectivity index (χ4n) is 5.30. The van der Waals surface area contributed by atoms with Gasteiger partial charge in [0.1, 0.15) is 11.3 Å². The molecule has 0 fully saturated rings. The number of benzene rings is 5. The zero-order chi connectivity index (χ0) is 29.8. The molecule has 0 amide bonds. The van der Waals surface area contributed by atoms with Crippen LogP contribution >= 0.6 is 0 Å². The van der Waals surface area contributed by atoms with Crippen LogP contribution in [0.5, 0.6) is 0 Å². The normalized spacial score (nSPS) is 11.4. The zero-order valence-electron chi connectivity index (χ0n) is 23.3. The Kier molecular flexibility index (Phi) is 7.81. The number of aliphatic carboxylic acids is 1. The number of nitrogens with zero attached hydrogens (tertiary/aromatic N) is 1. The molecule has 6 rings (SSSR count). The summed E-state index contributed by atoms with van der Waals surface area (Å²) >= 11 is 0. The van der Waals surface area contributed by atoms with E-state index in [1.807, 2.05) is 91.0 Å². The van der Waals surface area contributed by atoms with Crippen LogP contribution in [0.25, 0.3) is 33.2 Å². The van der Waals surface area contributed by atoms with Gasteiger partial charge < -0.3 is 9.52 Å². The maximum absolute atomic E-state index is 13.0. The smallest absolute Gasteiger partial charge is 0.320 e. The van der Waals surface area contributed by atoms with E-state index in [9.17, 15) is 18.3 Å². The molecule has 0 bridgehead atoms. The van der Waals surface area contributed by atoms with Gasteiger partial charge in [-0.1, -0.05) is 115 Å². The topological polar surface area (TPSA) is 87.8 Å². The second-order valence-corrected chi connectivity index (χ2v) is 12.2. The predicted octanol–water partition coefficient (Wildman–Crippen LogP) is 7.78. The summed E-state index contributed by atoms with van der Waals surface area (Å²) in [7, 11) is -4.10. The number of hydrogen-bond donors (Lipinski definition) is 1. The van der Waals surface area contributed by atoms with Gasteiger partial charge in [0.25, 0.3) is 0 Å². The Morgan fingerprint density at radius 2 is 1.19 bits per heavy atom. The number of furan rings is 1. The van der Waals surface area contributed by atoms with Crippen molar-refractivity contribution in [1.29, 1.82) is 0 Å². The highest BCUT2D eigenvalue weighted by Crippen LogP contribution is 2.37. The summed E-state index contributed by atoms with van der Waals surface area (Å²) in [5.41, 5.74) is 7.18. The quantitative estimate of drug-likeness (QED) is 0.177. The average molecular weight is 588 g/mol. The second-order valence-electron chi connectivity index (χ2n) is 10.3. The van der Waals surface area contributed by atoms with Crippen molar-refractivity contribution < 1.29 is 22.7 Å². The fraction of sp³-hybridized carbons (Fsp3) is 0.0833. The number of fused-ring (bicyclic) bond motifs is 1. The van der Waals surface area contributed by atoms with E-state index in [0.717, 1.165) is 48.9 Å². The lowest BCUT2D eigenvalue weighted by Gasteiger charge is -2.24. The first-order valence-corrected chi connectivity index (χ1v) is 15.5. The van der Waals surface area contributed by atoms with Gasteiger partial charge in [0.05, 0.1) is 12.2 Å². The van der Waals surface area contributed by atoms with Crippen LogP contribution in [-0.4, -0.2) is 25.2 Å². The number of sulfonamides is 1. The molecular formula is C36H29NO5S. The molecule has 0 atom stereocenters. The summed E-state index contributed by atoms with van der Waals surface area (Å²) in [6, 6.07) is 42.8. The van der Waals surface area contributed by atoms with E-state index >= 15 is 0 Å². The van der Waals surface area contributed by atoms with Gasteiger partial charge in [0.2, 0.25) is 10.0 Å². The molecule has 5 aromatic carbocycles. The summed E-state index contributed by atoms with van der Waals surface area (Å²) in [5.74, 6) is -1.48. The highest BCUT2D eigenvalue weighted by molar-refractivity contribution is 7.93. The molecule has 0 saturated heterocycles. The largest absolute Gasteiger partial charge is 0.480 e. The van der Waals surface area contributed by atoms with E-state index in [2.05, 4.69) is 30.3 Å². The van der Waals surface area contributed by atoms with E-state index in [4.69, 9.17) is 4.42 Å². The number of carbonyl (C=O) groups is 1. The fourth-order valence-corrected chi connectivity index (χ4v) is 6.56. The number of carboxylic acid groups (broad SMARTS) is 1. The van der Waals surface area contributed by atoms with Crippen LogP contribution < -0.4 is 4.31 Å². The first-order chi connectivity index (χ1) is 20.9. The molecule has 6 aromatic rings. The summed E-state index contributed by atoms with van der Waals surface area (Å²) in [4.78, 5) is 11.3. The molecule has 0 radical (unpaired) electrons. The van der Waals surface area contributed by atoms with Crippen molar-refractivity contribution in [2.45, 2.75) is 13.0 Å². The van der Waals surface area contributed by atoms with Gasteiger partial charge in [-0.15, -0.1) is 0 Å². The number of para-hydroxylation sites is 1. The third kappa shape index (κ3) is 6.22. The molecule has 6 nitrogen and oxygen atoms in total. The molecule has 0 aliphatic rings. The standard InChI is InChI=1S/C36H29NO5S/c38-35(39)25-43(40,41)37(24-27-11-5-2-6-12-27)31-21-19-29(20-22-31)28-15-17-30(18-16-28)36-32-13-7-8-14-33(32)42-34(36)23-26-9-3-1-4-10-26/h1-22H,23-25H2,(H,38,39). The van der Waals surface area contributed by atoms with E-state index in [1.165, 1.54) is 5.56 Å². The van der Waals surface area contributed by atoms with Crippen molar-refractivity contribution in [3.05, 3.63) is 150 Å². The van der Waals surface area contributed by atoms with Crippen molar-refractivity contribution in [3.63, 3.8) is 0 Å². The van der Waals surface area contributed by atoms with Crippen molar-refractivity contribution in [2.24, 2.45) is 0 Å². The average Bonchev–Trinajstić information content (AvgIpc) is 3.38. The van der Waals surface area contributed by atoms with Crippen LogP contribution in [-0.2, 0) is 27.8 Å². The number of anilines is 1. The lowest BCUT2D eigenvalue weighted by Crippen LogP contribution is -2.35. The lowest BCUT2D eigenvalue weighted by molar-refractivity contribution is -0.134. The predicted molar refractivity (Wildman–Crippen MR) is 170 cm³/mol. The van der Waals surface area contributed by atoms with Gasteiger partial charge >= 0.3 is 5.97 Å². The van der Waals surface area contributed by atoms with Gasteiger partial charge in [0, 0.05) is 17.4 Å². The van der Waals surface area contributed by atoms with Crippen LogP contribution in [0, 0.1) is 0 Å². The summed E-state index contributed by atoms with van der Waals surface area (Å²) in [5, 5.41) is 10.3. The maximum Gasteiger partial charge on any atom is 0.320 e. The van der Waals surface area contributed by atoms with Crippen molar-refractivity contribution >= 4 is 32.6 Å².